The first kappa shape index (κ1) is 12.5. The maximum Gasteiger partial charge on any atom is 0.0622 e. The van der Waals surface area contributed by atoms with E-state index in [0.29, 0.717) is 12.6 Å². The number of hydrogen-bond donors (Lipinski definition) is 1. The van der Waals surface area contributed by atoms with Crippen LogP contribution in [-0.2, 0) is 11.3 Å². The molecule has 0 amide bonds. The monoisotopic (exact) mass is 238 g/mol. The Morgan fingerprint density at radius 2 is 2.53 bits per heavy atom. The van der Waals surface area contributed by atoms with E-state index < -0.39 is 0 Å². The van der Waals surface area contributed by atoms with Crippen LogP contribution in [0.1, 0.15) is 24.9 Å². The topological polar surface area (TPSA) is 56.3 Å². The Balaban J connectivity index is 2.08. The highest BCUT2D eigenvalue weighted by Gasteiger charge is 2.27. The van der Waals surface area contributed by atoms with Crippen LogP contribution >= 0.6 is 0 Å². The van der Waals surface area contributed by atoms with Crippen LogP contribution in [0.25, 0.3) is 0 Å². The highest BCUT2D eigenvalue weighted by atomic mass is 16.5. The Labute approximate surface area is 103 Å². The average Bonchev–Trinajstić information content (AvgIpc) is 3.01. The van der Waals surface area contributed by atoms with Crippen LogP contribution in [-0.4, -0.2) is 47.5 Å². The second-order valence-electron chi connectivity index (χ2n) is 4.56. The van der Waals surface area contributed by atoms with Gasteiger partial charge in [0.05, 0.1) is 18.8 Å². The van der Waals surface area contributed by atoms with Gasteiger partial charge < -0.3 is 10.5 Å². The van der Waals surface area contributed by atoms with Crippen LogP contribution < -0.4 is 5.73 Å². The molecule has 5 heteroatoms. The van der Waals surface area contributed by atoms with Gasteiger partial charge in [0.25, 0.3) is 0 Å². The number of aromatic nitrogens is 2. The average molecular weight is 238 g/mol. The molecule has 0 spiro atoms. The molecule has 2 unspecified atom stereocenters. The SMILES string of the molecule is CCn1cc(C(CN)N(C)C2CCOC2)cn1. The van der Waals surface area contributed by atoms with Crippen LogP contribution in [0, 0.1) is 0 Å². The number of ether oxygens (including phenoxy) is 1. The summed E-state index contributed by atoms with van der Waals surface area (Å²) in [6.45, 7) is 5.27. The lowest BCUT2D eigenvalue weighted by Crippen LogP contribution is -2.38. The van der Waals surface area contributed by atoms with Gasteiger partial charge in [0.2, 0.25) is 0 Å². The molecule has 1 aromatic rings. The molecule has 0 bridgehead atoms. The maximum absolute atomic E-state index is 5.90. The van der Waals surface area contributed by atoms with Crippen LogP contribution in [0.2, 0.25) is 0 Å². The Kier molecular flexibility index (Phi) is 4.15. The standard InChI is InChI=1S/C12H22N4O/c1-3-16-8-10(7-14-16)12(6-13)15(2)11-4-5-17-9-11/h7-8,11-12H,3-6,9,13H2,1-2H3. The van der Waals surface area contributed by atoms with Crippen molar-refractivity contribution in [2.75, 3.05) is 26.8 Å². The van der Waals surface area contributed by atoms with Gasteiger partial charge in [-0.05, 0) is 20.4 Å². The van der Waals surface area contributed by atoms with Gasteiger partial charge in [-0.3, -0.25) is 9.58 Å². The number of nitrogens with two attached hydrogens (primary N) is 1. The van der Waals surface area contributed by atoms with E-state index in [4.69, 9.17) is 10.5 Å². The summed E-state index contributed by atoms with van der Waals surface area (Å²) in [5, 5.41) is 4.32. The van der Waals surface area contributed by atoms with Crippen molar-refractivity contribution in [3.8, 4) is 0 Å². The Bertz CT molecular complexity index is 346. The molecule has 0 saturated carbocycles. The van der Waals surface area contributed by atoms with Crippen molar-refractivity contribution in [2.45, 2.75) is 32.0 Å². The van der Waals surface area contributed by atoms with Crippen LogP contribution in [0.5, 0.6) is 0 Å². The fourth-order valence-electron chi connectivity index (χ4n) is 2.36. The van der Waals surface area contributed by atoms with E-state index >= 15 is 0 Å². The first-order chi connectivity index (χ1) is 8.26. The van der Waals surface area contributed by atoms with Crippen molar-refractivity contribution in [3.05, 3.63) is 18.0 Å². The zero-order chi connectivity index (χ0) is 12.3. The van der Waals surface area contributed by atoms with E-state index in [2.05, 4.69) is 30.2 Å². The first-order valence-corrected chi connectivity index (χ1v) is 6.28. The van der Waals surface area contributed by atoms with Crippen molar-refractivity contribution in [3.63, 3.8) is 0 Å². The Morgan fingerprint density at radius 1 is 1.71 bits per heavy atom. The van der Waals surface area contributed by atoms with E-state index in [1.807, 2.05) is 10.9 Å². The van der Waals surface area contributed by atoms with Crippen molar-refractivity contribution in [1.29, 1.82) is 0 Å². The molecule has 1 aromatic heterocycles. The molecule has 96 valence electrons. The van der Waals surface area contributed by atoms with E-state index in [1.165, 1.54) is 5.56 Å². The summed E-state index contributed by atoms with van der Waals surface area (Å²) in [6.07, 6.45) is 5.10. The molecular formula is C12H22N4O. The summed E-state index contributed by atoms with van der Waals surface area (Å²) in [7, 11) is 2.13. The predicted octanol–water partition coefficient (Wildman–Crippen LogP) is 0.624. The van der Waals surface area contributed by atoms with Gasteiger partial charge in [-0.1, -0.05) is 0 Å². The normalized spacial score (nSPS) is 22.2. The molecule has 0 aromatic carbocycles. The largest absolute Gasteiger partial charge is 0.380 e. The minimum absolute atomic E-state index is 0.238. The minimum Gasteiger partial charge on any atom is -0.380 e. The van der Waals surface area contributed by atoms with Gasteiger partial charge in [-0.15, -0.1) is 0 Å². The van der Waals surface area contributed by atoms with E-state index in [-0.39, 0.29) is 6.04 Å². The van der Waals surface area contributed by atoms with Gasteiger partial charge in [0.1, 0.15) is 0 Å². The fourth-order valence-corrected chi connectivity index (χ4v) is 2.36. The minimum atomic E-state index is 0.238. The summed E-state index contributed by atoms with van der Waals surface area (Å²) >= 11 is 0. The van der Waals surface area contributed by atoms with Gasteiger partial charge in [0.15, 0.2) is 0 Å². The molecular weight excluding hydrogens is 216 g/mol. The van der Waals surface area contributed by atoms with Crippen molar-refractivity contribution >= 4 is 0 Å². The zero-order valence-corrected chi connectivity index (χ0v) is 10.7. The van der Waals surface area contributed by atoms with Gasteiger partial charge >= 0.3 is 0 Å². The van der Waals surface area contributed by atoms with Crippen LogP contribution in [0.4, 0.5) is 0 Å². The van der Waals surface area contributed by atoms with E-state index in [0.717, 1.165) is 26.2 Å². The molecule has 2 N–H and O–H groups in total. The molecule has 1 aliphatic rings. The van der Waals surface area contributed by atoms with Gasteiger partial charge in [-0.2, -0.15) is 5.10 Å². The summed E-state index contributed by atoms with van der Waals surface area (Å²) < 4.78 is 7.37. The third-order valence-corrected chi connectivity index (χ3v) is 3.56. The molecule has 0 radical (unpaired) electrons. The molecule has 1 aliphatic heterocycles. The summed E-state index contributed by atoms with van der Waals surface area (Å²) in [6, 6.07) is 0.718. The summed E-state index contributed by atoms with van der Waals surface area (Å²) in [4.78, 5) is 2.32. The molecule has 2 rings (SSSR count). The third kappa shape index (κ3) is 2.68. The predicted molar refractivity (Wildman–Crippen MR) is 66.7 cm³/mol. The third-order valence-electron chi connectivity index (χ3n) is 3.56. The zero-order valence-electron chi connectivity index (χ0n) is 10.7. The molecule has 0 aliphatic carbocycles. The van der Waals surface area contributed by atoms with Gasteiger partial charge in [0, 0.05) is 37.5 Å². The highest BCUT2D eigenvalue weighted by molar-refractivity contribution is 5.11. The lowest BCUT2D eigenvalue weighted by Gasteiger charge is -2.30. The Hall–Kier alpha value is -0.910. The van der Waals surface area contributed by atoms with E-state index in [9.17, 15) is 0 Å². The molecule has 1 fully saturated rings. The van der Waals surface area contributed by atoms with Crippen molar-refractivity contribution < 1.29 is 4.74 Å². The number of hydrogen-bond acceptors (Lipinski definition) is 4. The van der Waals surface area contributed by atoms with Crippen LogP contribution in [0.15, 0.2) is 12.4 Å². The maximum atomic E-state index is 5.90. The molecule has 2 atom stereocenters. The molecule has 2 heterocycles. The molecule has 5 nitrogen and oxygen atoms in total. The van der Waals surface area contributed by atoms with Crippen molar-refractivity contribution in [1.82, 2.24) is 14.7 Å². The lowest BCUT2D eigenvalue weighted by molar-refractivity contribution is 0.134. The van der Waals surface area contributed by atoms with Crippen molar-refractivity contribution in [2.24, 2.45) is 5.73 Å². The second-order valence-corrected chi connectivity index (χ2v) is 4.56. The second kappa shape index (κ2) is 5.62. The molecule has 17 heavy (non-hydrogen) atoms. The van der Waals surface area contributed by atoms with E-state index in [1.54, 1.807) is 0 Å². The number of nitrogens with zero attached hydrogens (tertiary/aromatic N) is 3. The smallest absolute Gasteiger partial charge is 0.0622 e. The lowest BCUT2D eigenvalue weighted by atomic mass is 10.1. The molecule has 1 saturated heterocycles. The summed E-state index contributed by atoms with van der Waals surface area (Å²) in [5.74, 6) is 0. The Morgan fingerprint density at radius 3 is 3.06 bits per heavy atom. The number of rotatable bonds is 5. The van der Waals surface area contributed by atoms with Crippen LogP contribution in [0.3, 0.4) is 0 Å². The van der Waals surface area contributed by atoms with Gasteiger partial charge in [-0.25, -0.2) is 0 Å². The summed E-state index contributed by atoms with van der Waals surface area (Å²) in [5.41, 5.74) is 7.10. The fraction of sp³-hybridized carbons (Fsp3) is 0.750. The number of aryl methyl sites for hydroxylation is 1. The number of likely N-dealkylation sites (N-methyl/N-ethyl adjacent to an activating group) is 1. The highest BCUT2D eigenvalue weighted by Crippen LogP contribution is 2.23. The quantitative estimate of drug-likeness (QED) is 0.817. The first-order valence-electron chi connectivity index (χ1n) is 6.28.